The number of carbonyl (C=O) groups excluding carboxylic acids is 1. The average molecular weight is 402 g/mol. The van der Waals surface area contributed by atoms with Crippen molar-refractivity contribution in [2.24, 2.45) is 0 Å². The van der Waals surface area contributed by atoms with Crippen LogP contribution in [0.3, 0.4) is 0 Å². The third-order valence-corrected chi connectivity index (χ3v) is 5.63. The number of hydrogen-bond acceptors (Lipinski definition) is 4. The Labute approximate surface area is 176 Å². The van der Waals surface area contributed by atoms with Gasteiger partial charge in [-0.1, -0.05) is 42.5 Å². The van der Waals surface area contributed by atoms with Gasteiger partial charge in [0, 0.05) is 44.5 Å². The highest BCUT2D eigenvalue weighted by molar-refractivity contribution is 5.92. The number of amides is 1. The third-order valence-electron chi connectivity index (χ3n) is 5.63. The Balaban J connectivity index is 1.48. The van der Waals surface area contributed by atoms with Gasteiger partial charge in [-0.2, -0.15) is 5.10 Å². The summed E-state index contributed by atoms with van der Waals surface area (Å²) in [6, 6.07) is 19.4. The predicted octanol–water partition coefficient (Wildman–Crippen LogP) is 2.81. The first-order valence-corrected chi connectivity index (χ1v) is 10.3. The number of piperazine rings is 1. The maximum atomic E-state index is 13.1. The van der Waals surface area contributed by atoms with E-state index in [9.17, 15) is 9.59 Å². The zero-order valence-electron chi connectivity index (χ0n) is 17.4. The standard InChI is InChI=1S/C24H26N4O2/c1-18-8-6-7-9-20(18)17-26-12-14-27(15-13-26)24(30)23-22(29)16-19(2)28(25-23)21-10-4-3-5-11-21/h3-11,16H,12-15,17H2,1-2H3. The van der Waals surface area contributed by atoms with E-state index in [0.717, 1.165) is 25.3 Å². The summed E-state index contributed by atoms with van der Waals surface area (Å²) in [6.45, 7) is 7.54. The van der Waals surface area contributed by atoms with E-state index in [1.165, 1.54) is 17.2 Å². The minimum absolute atomic E-state index is 0.0168. The normalized spacial score (nSPS) is 14.7. The van der Waals surface area contributed by atoms with E-state index in [-0.39, 0.29) is 17.0 Å². The van der Waals surface area contributed by atoms with Crippen molar-refractivity contribution >= 4 is 5.91 Å². The van der Waals surface area contributed by atoms with Gasteiger partial charge in [0.05, 0.1) is 5.69 Å². The first-order chi connectivity index (χ1) is 14.5. The Bertz CT molecular complexity index is 1100. The van der Waals surface area contributed by atoms with E-state index in [0.29, 0.717) is 18.8 Å². The Hall–Kier alpha value is -3.25. The summed E-state index contributed by atoms with van der Waals surface area (Å²) < 4.78 is 1.66. The van der Waals surface area contributed by atoms with E-state index < -0.39 is 0 Å². The second-order valence-corrected chi connectivity index (χ2v) is 7.74. The number of rotatable bonds is 4. The van der Waals surface area contributed by atoms with Crippen molar-refractivity contribution in [3.63, 3.8) is 0 Å². The van der Waals surface area contributed by atoms with Crippen molar-refractivity contribution in [3.8, 4) is 5.69 Å². The topological polar surface area (TPSA) is 58.4 Å². The van der Waals surface area contributed by atoms with Crippen LogP contribution >= 0.6 is 0 Å². The SMILES string of the molecule is Cc1ccccc1CN1CCN(C(=O)c2nn(-c3ccccc3)c(C)cc2=O)CC1. The summed E-state index contributed by atoms with van der Waals surface area (Å²) in [5, 5.41) is 4.41. The Kier molecular flexibility index (Phi) is 5.77. The molecule has 0 N–H and O–H groups in total. The lowest BCUT2D eigenvalue weighted by Crippen LogP contribution is -2.49. The zero-order valence-corrected chi connectivity index (χ0v) is 17.4. The molecule has 0 saturated carbocycles. The van der Waals surface area contributed by atoms with Gasteiger partial charge in [-0.15, -0.1) is 0 Å². The lowest BCUT2D eigenvalue weighted by molar-refractivity contribution is 0.0619. The van der Waals surface area contributed by atoms with Gasteiger partial charge in [0.15, 0.2) is 5.69 Å². The van der Waals surface area contributed by atoms with Crippen LogP contribution in [0.2, 0.25) is 0 Å². The van der Waals surface area contributed by atoms with Gasteiger partial charge < -0.3 is 4.90 Å². The molecule has 1 aromatic heterocycles. The van der Waals surface area contributed by atoms with Crippen LogP contribution in [-0.2, 0) is 6.54 Å². The second-order valence-electron chi connectivity index (χ2n) is 7.74. The van der Waals surface area contributed by atoms with Gasteiger partial charge in [-0.25, -0.2) is 4.68 Å². The Morgan fingerprint density at radius 1 is 0.933 bits per heavy atom. The molecule has 4 rings (SSSR count). The smallest absolute Gasteiger partial charge is 0.278 e. The average Bonchev–Trinajstić information content (AvgIpc) is 2.76. The van der Waals surface area contributed by atoms with Gasteiger partial charge in [0.25, 0.3) is 5.91 Å². The van der Waals surface area contributed by atoms with E-state index in [1.54, 1.807) is 9.58 Å². The predicted molar refractivity (Wildman–Crippen MR) is 117 cm³/mol. The van der Waals surface area contributed by atoms with Crippen LogP contribution in [0.25, 0.3) is 5.69 Å². The molecule has 0 bridgehead atoms. The summed E-state index contributed by atoms with van der Waals surface area (Å²) in [7, 11) is 0. The lowest BCUT2D eigenvalue weighted by Gasteiger charge is -2.34. The quantitative estimate of drug-likeness (QED) is 0.673. The third kappa shape index (κ3) is 4.19. The number of aryl methyl sites for hydroxylation is 2. The van der Waals surface area contributed by atoms with Gasteiger partial charge in [0.2, 0.25) is 5.43 Å². The number of hydrogen-bond donors (Lipinski definition) is 0. The van der Waals surface area contributed by atoms with Gasteiger partial charge in [0.1, 0.15) is 0 Å². The molecular formula is C24H26N4O2. The summed E-state index contributed by atoms with van der Waals surface area (Å²) in [5.41, 5.74) is 3.77. The molecular weight excluding hydrogens is 376 g/mol. The van der Waals surface area contributed by atoms with Crippen LogP contribution in [0.4, 0.5) is 0 Å². The highest BCUT2D eigenvalue weighted by atomic mass is 16.2. The summed E-state index contributed by atoms with van der Waals surface area (Å²) >= 11 is 0. The molecule has 0 atom stereocenters. The summed E-state index contributed by atoms with van der Waals surface area (Å²) in [5.74, 6) is -0.291. The summed E-state index contributed by atoms with van der Waals surface area (Å²) in [6.07, 6.45) is 0. The highest BCUT2D eigenvalue weighted by Crippen LogP contribution is 2.14. The van der Waals surface area contributed by atoms with E-state index in [4.69, 9.17) is 0 Å². The van der Waals surface area contributed by atoms with Crippen LogP contribution in [0, 0.1) is 13.8 Å². The van der Waals surface area contributed by atoms with Gasteiger partial charge in [-0.05, 0) is 37.1 Å². The monoisotopic (exact) mass is 402 g/mol. The molecule has 0 aliphatic carbocycles. The van der Waals surface area contributed by atoms with Crippen molar-refractivity contribution in [1.82, 2.24) is 19.6 Å². The fourth-order valence-corrected chi connectivity index (χ4v) is 3.81. The summed E-state index contributed by atoms with van der Waals surface area (Å²) in [4.78, 5) is 29.7. The highest BCUT2D eigenvalue weighted by Gasteiger charge is 2.26. The minimum atomic E-state index is -0.327. The Morgan fingerprint density at radius 3 is 2.30 bits per heavy atom. The fourth-order valence-electron chi connectivity index (χ4n) is 3.81. The number of nitrogens with zero attached hydrogens (tertiary/aromatic N) is 4. The molecule has 30 heavy (non-hydrogen) atoms. The van der Waals surface area contributed by atoms with Crippen LogP contribution in [0.5, 0.6) is 0 Å². The molecule has 0 spiro atoms. The van der Waals surface area contributed by atoms with Crippen molar-refractivity contribution in [2.75, 3.05) is 26.2 Å². The van der Waals surface area contributed by atoms with E-state index in [2.05, 4.69) is 35.1 Å². The minimum Gasteiger partial charge on any atom is -0.335 e. The van der Waals surface area contributed by atoms with E-state index in [1.807, 2.05) is 43.3 Å². The second kappa shape index (κ2) is 8.63. The molecule has 2 aromatic carbocycles. The molecule has 6 heteroatoms. The molecule has 2 heterocycles. The lowest BCUT2D eigenvalue weighted by atomic mass is 10.1. The van der Waals surface area contributed by atoms with Crippen molar-refractivity contribution in [2.45, 2.75) is 20.4 Å². The van der Waals surface area contributed by atoms with Crippen molar-refractivity contribution in [3.05, 3.63) is 93.4 Å². The largest absolute Gasteiger partial charge is 0.335 e. The van der Waals surface area contributed by atoms with Crippen LogP contribution in [0.15, 0.2) is 65.5 Å². The maximum Gasteiger partial charge on any atom is 0.278 e. The van der Waals surface area contributed by atoms with Crippen LogP contribution in [0.1, 0.15) is 27.3 Å². The molecule has 6 nitrogen and oxygen atoms in total. The number of carbonyl (C=O) groups is 1. The van der Waals surface area contributed by atoms with Gasteiger partial charge in [-0.3, -0.25) is 14.5 Å². The molecule has 1 fully saturated rings. The number of aromatic nitrogens is 2. The van der Waals surface area contributed by atoms with Crippen LogP contribution < -0.4 is 5.43 Å². The molecule has 0 unspecified atom stereocenters. The number of benzene rings is 2. The Morgan fingerprint density at radius 2 is 1.60 bits per heavy atom. The zero-order chi connectivity index (χ0) is 21.1. The fraction of sp³-hybridized carbons (Fsp3) is 0.292. The number of para-hydroxylation sites is 1. The maximum absolute atomic E-state index is 13.1. The molecule has 3 aromatic rings. The van der Waals surface area contributed by atoms with Crippen LogP contribution in [-0.4, -0.2) is 51.7 Å². The molecule has 1 saturated heterocycles. The molecule has 1 amide bonds. The van der Waals surface area contributed by atoms with Crippen molar-refractivity contribution < 1.29 is 4.79 Å². The molecule has 0 radical (unpaired) electrons. The molecule has 1 aliphatic rings. The van der Waals surface area contributed by atoms with Crippen molar-refractivity contribution in [1.29, 1.82) is 0 Å². The molecule has 154 valence electrons. The van der Waals surface area contributed by atoms with E-state index >= 15 is 0 Å². The molecule has 1 aliphatic heterocycles. The first-order valence-electron chi connectivity index (χ1n) is 10.3. The first kappa shape index (κ1) is 20.0. The van der Waals surface area contributed by atoms with Gasteiger partial charge >= 0.3 is 0 Å².